The highest BCUT2D eigenvalue weighted by molar-refractivity contribution is 14.1. The van der Waals surface area contributed by atoms with E-state index in [2.05, 4.69) is 59.8 Å². The van der Waals surface area contributed by atoms with Crippen LogP contribution < -0.4 is 0 Å². The molecule has 3 rings (SSSR count). The Labute approximate surface area is 132 Å². The molecule has 0 aliphatic carbocycles. The van der Waals surface area contributed by atoms with Crippen molar-refractivity contribution >= 4 is 34.2 Å². The molecule has 2 aromatic rings. The van der Waals surface area contributed by atoms with Gasteiger partial charge in [0.15, 0.2) is 0 Å². The first-order valence-corrected chi connectivity index (χ1v) is 7.73. The number of halogens is 2. The van der Waals surface area contributed by atoms with Crippen LogP contribution in [0.5, 0.6) is 0 Å². The predicted molar refractivity (Wildman–Crippen MR) is 86.7 cm³/mol. The maximum absolute atomic E-state index is 6.32. The van der Waals surface area contributed by atoms with Gasteiger partial charge in [-0.1, -0.05) is 48.9 Å². The summed E-state index contributed by atoms with van der Waals surface area (Å²) in [6, 6.07) is 16.6. The Balaban J connectivity index is 1.97. The summed E-state index contributed by atoms with van der Waals surface area (Å²) < 4.78 is 7.07. The van der Waals surface area contributed by atoms with Crippen LogP contribution in [0.25, 0.3) is 0 Å². The zero-order chi connectivity index (χ0) is 13.5. The molecule has 1 aliphatic heterocycles. The third-order valence-corrected chi connectivity index (χ3v) is 4.90. The van der Waals surface area contributed by atoms with Crippen molar-refractivity contribution < 1.29 is 4.74 Å². The molecule has 1 nitrogen and oxygen atoms in total. The molecule has 1 aliphatic rings. The number of rotatable bonds is 3. The first kappa shape index (κ1) is 13.4. The molecule has 0 amide bonds. The molecule has 0 aromatic heterocycles. The maximum atomic E-state index is 6.32. The number of epoxide rings is 1. The Bertz CT molecular complexity index is 590. The van der Waals surface area contributed by atoms with Crippen molar-refractivity contribution in [3.05, 3.63) is 68.3 Å². The average molecular weight is 385 g/mol. The van der Waals surface area contributed by atoms with Crippen LogP contribution in [0.15, 0.2) is 48.5 Å². The molecule has 2 atom stereocenters. The number of benzene rings is 2. The van der Waals surface area contributed by atoms with Crippen LogP contribution in [0.3, 0.4) is 0 Å². The minimum atomic E-state index is -0.245. The summed E-state index contributed by atoms with van der Waals surface area (Å²) in [5, 5.41) is 0.789. The summed E-state index contributed by atoms with van der Waals surface area (Å²) in [6.45, 7) is 2.95. The van der Waals surface area contributed by atoms with Gasteiger partial charge in [0, 0.05) is 20.1 Å². The first-order valence-electron chi connectivity index (χ1n) is 6.28. The van der Waals surface area contributed by atoms with E-state index in [1.807, 2.05) is 18.2 Å². The zero-order valence-corrected chi connectivity index (χ0v) is 13.5. The molecular weight excluding hydrogens is 371 g/mol. The lowest BCUT2D eigenvalue weighted by Crippen LogP contribution is -2.18. The van der Waals surface area contributed by atoms with Gasteiger partial charge in [0.05, 0.1) is 6.61 Å². The molecule has 2 unspecified atom stereocenters. The molecule has 0 saturated carbocycles. The second-order valence-electron chi connectivity index (χ2n) is 4.93. The number of ether oxygens (including phenoxy) is 1. The topological polar surface area (TPSA) is 12.5 Å². The summed E-state index contributed by atoms with van der Waals surface area (Å²) in [5.41, 5.74) is 2.14. The fourth-order valence-corrected chi connectivity index (χ4v) is 3.20. The Morgan fingerprint density at radius 1 is 1.16 bits per heavy atom. The largest absolute Gasteiger partial charge is 0.364 e. The zero-order valence-electron chi connectivity index (χ0n) is 10.6. The van der Waals surface area contributed by atoms with E-state index < -0.39 is 0 Å². The lowest BCUT2D eigenvalue weighted by Gasteiger charge is -2.22. The van der Waals surface area contributed by atoms with Crippen LogP contribution in [0.1, 0.15) is 24.0 Å². The molecule has 0 spiro atoms. The second-order valence-corrected chi connectivity index (χ2v) is 6.58. The molecule has 2 aromatic carbocycles. The van der Waals surface area contributed by atoms with E-state index >= 15 is 0 Å². The van der Waals surface area contributed by atoms with Crippen molar-refractivity contribution in [3.63, 3.8) is 0 Å². The monoisotopic (exact) mass is 384 g/mol. The van der Waals surface area contributed by atoms with Crippen molar-refractivity contribution in [1.82, 2.24) is 0 Å². The number of hydrogen-bond donors (Lipinski definition) is 0. The normalized spacial score (nSPS) is 23.1. The third-order valence-electron chi connectivity index (χ3n) is 3.85. The first-order chi connectivity index (χ1) is 9.13. The van der Waals surface area contributed by atoms with E-state index in [1.54, 1.807) is 0 Å². The third kappa shape index (κ3) is 2.41. The molecule has 0 bridgehead atoms. The summed E-state index contributed by atoms with van der Waals surface area (Å²) in [5.74, 6) is 0.296. The highest BCUT2D eigenvalue weighted by atomic mass is 127. The van der Waals surface area contributed by atoms with E-state index in [9.17, 15) is 0 Å². The predicted octanol–water partition coefficient (Wildman–Crippen LogP) is 4.97. The van der Waals surface area contributed by atoms with Crippen LogP contribution in [-0.2, 0) is 10.3 Å². The van der Waals surface area contributed by atoms with Crippen molar-refractivity contribution in [2.24, 2.45) is 0 Å². The maximum Gasteiger partial charge on any atom is 0.124 e. The van der Waals surface area contributed by atoms with Gasteiger partial charge >= 0.3 is 0 Å². The lowest BCUT2D eigenvalue weighted by molar-refractivity contribution is 0.274. The molecular formula is C16H14ClIO. The second kappa shape index (κ2) is 5.08. The summed E-state index contributed by atoms with van der Waals surface area (Å²) in [4.78, 5) is 0. The van der Waals surface area contributed by atoms with Gasteiger partial charge in [-0.05, 0) is 46.4 Å². The highest BCUT2D eigenvalue weighted by Gasteiger charge is 2.52. The van der Waals surface area contributed by atoms with Crippen LogP contribution in [0, 0.1) is 3.57 Å². The van der Waals surface area contributed by atoms with Crippen LogP contribution in [0.2, 0.25) is 5.02 Å². The van der Waals surface area contributed by atoms with Crippen LogP contribution >= 0.6 is 34.2 Å². The highest BCUT2D eigenvalue weighted by Crippen LogP contribution is 2.51. The van der Waals surface area contributed by atoms with E-state index in [0.29, 0.717) is 5.92 Å². The number of hydrogen-bond acceptors (Lipinski definition) is 1. The Morgan fingerprint density at radius 2 is 1.79 bits per heavy atom. The molecule has 3 heteroatoms. The van der Waals surface area contributed by atoms with Crippen molar-refractivity contribution in [1.29, 1.82) is 0 Å². The van der Waals surface area contributed by atoms with E-state index in [0.717, 1.165) is 17.2 Å². The molecule has 1 heterocycles. The van der Waals surface area contributed by atoms with E-state index in [1.165, 1.54) is 9.13 Å². The van der Waals surface area contributed by atoms with Crippen molar-refractivity contribution in [3.8, 4) is 0 Å². The minimum absolute atomic E-state index is 0.245. The molecule has 19 heavy (non-hydrogen) atoms. The fraction of sp³-hybridized carbons (Fsp3) is 0.250. The molecule has 1 fully saturated rings. The molecule has 98 valence electrons. The van der Waals surface area contributed by atoms with Crippen molar-refractivity contribution in [2.75, 3.05) is 6.61 Å². The Kier molecular flexibility index (Phi) is 3.58. The quantitative estimate of drug-likeness (QED) is 0.537. The van der Waals surface area contributed by atoms with Gasteiger partial charge in [0.2, 0.25) is 0 Å². The van der Waals surface area contributed by atoms with Gasteiger partial charge < -0.3 is 4.74 Å². The standard InChI is InChI=1S/C16H14ClIO/c1-11(12-6-8-13(18)9-7-12)16(10-19-16)14-4-2-3-5-15(14)17/h2-9,11H,10H2,1H3. The lowest BCUT2D eigenvalue weighted by atomic mass is 9.83. The molecule has 0 N–H and O–H groups in total. The summed E-state index contributed by atoms with van der Waals surface area (Å²) >= 11 is 8.65. The van der Waals surface area contributed by atoms with Gasteiger partial charge in [0.1, 0.15) is 5.60 Å². The smallest absolute Gasteiger partial charge is 0.124 e. The summed E-state index contributed by atoms with van der Waals surface area (Å²) in [6.07, 6.45) is 0. The SMILES string of the molecule is CC(c1ccc(I)cc1)C1(c2ccccc2Cl)CO1. The summed E-state index contributed by atoms with van der Waals surface area (Å²) in [7, 11) is 0. The average Bonchev–Trinajstić information content (AvgIpc) is 3.21. The van der Waals surface area contributed by atoms with Gasteiger partial charge in [-0.25, -0.2) is 0 Å². The Hall–Kier alpha value is -0.580. The van der Waals surface area contributed by atoms with Gasteiger partial charge in [0.25, 0.3) is 0 Å². The van der Waals surface area contributed by atoms with E-state index in [4.69, 9.17) is 16.3 Å². The fourth-order valence-electron chi connectivity index (χ4n) is 2.54. The van der Waals surface area contributed by atoms with E-state index in [-0.39, 0.29) is 5.60 Å². The van der Waals surface area contributed by atoms with Crippen molar-refractivity contribution in [2.45, 2.75) is 18.4 Å². The van der Waals surface area contributed by atoms with Crippen LogP contribution in [-0.4, -0.2) is 6.61 Å². The van der Waals surface area contributed by atoms with Gasteiger partial charge in [-0.2, -0.15) is 0 Å². The van der Waals surface area contributed by atoms with Gasteiger partial charge in [-0.3, -0.25) is 0 Å². The van der Waals surface area contributed by atoms with Gasteiger partial charge in [-0.15, -0.1) is 0 Å². The molecule has 0 radical (unpaired) electrons. The van der Waals surface area contributed by atoms with Crippen LogP contribution in [0.4, 0.5) is 0 Å². The molecule has 1 saturated heterocycles. The minimum Gasteiger partial charge on any atom is -0.364 e. The Morgan fingerprint density at radius 3 is 2.37 bits per heavy atom.